The lowest BCUT2D eigenvalue weighted by Crippen LogP contribution is -2.30. The molecule has 1 aromatic carbocycles. The van der Waals surface area contributed by atoms with Crippen molar-refractivity contribution >= 4 is 23.3 Å². The Morgan fingerprint density at radius 1 is 1.19 bits per heavy atom. The summed E-state index contributed by atoms with van der Waals surface area (Å²) in [5, 5.41) is 4.26. The maximum absolute atomic E-state index is 12.1. The van der Waals surface area contributed by atoms with E-state index in [1.165, 1.54) is 12.7 Å². The predicted molar refractivity (Wildman–Crippen MR) is 129 cm³/mol. The first-order valence-corrected chi connectivity index (χ1v) is 11.2. The highest BCUT2D eigenvalue weighted by molar-refractivity contribution is 7.80. The van der Waals surface area contributed by atoms with E-state index in [1.807, 2.05) is 42.6 Å². The number of carbonyl (C=O) groups is 1. The summed E-state index contributed by atoms with van der Waals surface area (Å²) in [6.45, 7) is 7.23. The Bertz CT molecular complexity index is 1140. The lowest BCUT2D eigenvalue weighted by Gasteiger charge is -2.27. The van der Waals surface area contributed by atoms with E-state index in [0.717, 1.165) is 40.8 Å². The maximum atomic E-state index is 12.1. The van der Waals surface area contributed by atoms with Gasteiger partial charge in [0.1, 0.15) is 0 Å². The monoisotopic (exact) mass is 448 g/mol. The molecule has 2 atom stereocenters. The van der Waals surface area contributed by atoms with Crippen LogP contribution in [0, 0.1) is 13.8 Å². The van der Waals surface area contributed by atoms with E-state index >= 15 is 0 Å². The topological polar surface area (TPSA) is 59.4 Å². The molecule has 1 N–H and O–H groups in total. The number of benzene rings is 1. The molecule has 0 amide bonds. The molecule has 0 bridgehead atoms. The minimum absolute atomic E-state index is 0.0288. The normalized spacial score (nSPS) is 18.0. The molecule has 0 radical (unpaired) electrons. The number of nitrogens with one attached hydrogen (secondary N) is 1. The smallest absolute Gasteiger partial charge is 0.337 e. The minimum Gasteiger partial charge on any atom is -0.465 e. The highest BCUT2D eigenvalue weighted by Gasteiger charge is 2.40. The van der Waals surface area contributed by atoms with Gasteiger partial charge in [0.25, 0.3) is 0 Å². The lowest BCUT2D eigenvalue weighted by atomic mass is 9.96. The van der Waals surface area contributed by atoms with E-state index in [4.69, 9.17) is 17.0 Å². The third kappa shape index (κ3) is 3.88. The van der Waals surface area contributed by atoms with Gasteiger partial charge in [-0.05, 0) is 74.4 Å². The molecule has 4 rings (SSSR count). The second-order valence-electron chi connectivity index (χ2n) is 8.02. The Hall–Kier alpha value is -3.19. The average Bonchev–Trinajstić information content (AvgIpc) is 3.29. The number of aromatic nitrogens is 2. The molecule has 6 nitrogen and oxygen atoms in total. The van der Waals surface area contributed by atoms with Crippen molar-refractivity contribution < 1.29 is 9.53 Å². The third-order valence-corrected chi connectivity index (χ3v) is 6.33. The van der Waals surface area contributed by atoms with Crippen LogP contribution in [0.15, 0.2) is 54.7 Å². The quantitative estimate of drug-likeness (QED) is 0.437. The summed E-state index contributed by atoms with van der Waals surface area (Å²) in [6, 6.07) is 15.7. The molecule has 166 valence electrons. The van der Waals surface area contributed by atoms with Crippen LogP contribution in [-0.2, 0) is 4.74 Å². The summed E-state index contributed by atoms with van der Waals surface area (Å²) in [4.78, 5) is 18.9. The summed E-state index contributed by atoms with van der Waals surface area (Å²) in [5.74, 6) is -0.343. The molecule has 1 aliphatic heterocycles. The molecule has 3 aromatic rings. The van der Waals surface area contributed by atoms with Crippen molar-refractivity contribution in [1.82, 2.24) is 19.8 Å². The van der Waals surface area contributed by atoms with Crippen LogP contribution in [0.25, 0.3) is 5.69 Å². The van der Waals surface area contributed by atoms with Gasteiger partial charge in [0, 0.05) is 29.8 Å². The van der Waals surface area contributed by atoms with Crippen LogP contribution in [0.5, 0.6) is 0 Å². The van der Waals surface area contributed by atoms with Crippen LogP contribution in [0.1, 0.15) is 58.4 Å². The van der Waals surface area contributed by atoms with Gasteiger partial charge in [-0.25, -0.2) is 4.79 Å². The van der Waals surface area contributed by atoms with Crippen molar-refractivity contribution in [3.63, 3.8) is 0 Å². The Morgan fingerprint density at radius 2 is 2.00 bits per heavy atom. The van der Waals surface area contributed by atoms with Gasteiger partial charge < -0.3 is 19.5 Å². The van der Waals surface area contributed by atoms with Crippen molar-refractivity contribution in [3.8, 4) is 5.69 Å². The average molecular weight is 449 g/mol. The van der Waals surface area contributed by atoms with Gasteiger partial charge in [0.15, 0.2) is 5.11 Å². The second kappa shape index (κ2) is 9.12. The van der Waals surface area contributed by atoms with Crippen molar-refractivity contribution in [2.24, 2.45) is 0 Å². The molecule has 1 fully saturated rings. The molecule has 2 aromatic heterocycles. The zero-order chi connectivity index (χ0) is 22.8. The number of ether oxygens (including phenoxy) is 1. The molecule has 7 heteroatoms. The Balaban J connectivity index is 1.82. The maximum Gasteiger partial charge on any atom is 0.337 e. The number of rotatable bonds is 6. The highest BCUT2D eigenvalue weighted by atomic mass is 32.1. The number of aryl methyl sites for hydroxylation is 1. The zero-order valence-corrected chi connectivity index (χ0v) is 19.6. The number of methoxy groups -OCH3 is 1. The van der Waals surface area contributed by atoms with Crippen molar-refractivity contribution in [1.29, 1.82) is 0 Å². The van der Waals surface area contributed by atoms with Crippen LogP contribution in [0.2, 0.25) is 0 Å². The third-order valence-electron chi connectivity index (χ3n) is 5.98. The van der Waals surface area contributed by atoms with Gasteiger partial charge in [-0.2, -0.15) is 0 Å². The van der Waals surface area contributed by atoms with Gasteiger partial charge in [0.2, 0.25) is 0 Å². The van der Waals surface area contributed by atoms with E-state index in [2.05, 4.69) is 46.6 Å². The van der Waals surface area contributed by atoms with E-state index in [0.29, 0.717) is 5.56 Å². The summed E-state index contributed by atoms with van der Waals surface area (Å²) in [7, 11) is 1.40. The molecular weight excluding hydrogens is 420 g/mol. The number of carbonyl (C=O) groups excluding carboxylic acids is 1. The van der Waals surface area contributed by atoms with Crippen LogP contribution in [0.3, 0.4) is 0 Å². The van der Waals surface area contributed by atoms with Crippen LogP contribution >= 0.6 is 12.2 Å². The van der Waals surface area contributed by atoms with Gasteiger partial charge >= 0.3 is 5.97 Å². The van der Waals surface area contributed by atoms with Gasteiger partial charge in [-0.3, -0.25) is 4.98 Å². The number of hydrogen-bond donors (Lipinski definition) is 1. The first-order valence-electron chi connectivity index (χ1n) is 10.8. The molecule has 3 heterocycles. The summed E-state index contributed by atoms with van der Waals surface area (Å²) < 4.78 is 7.09. The SMILES string of the molecule is CCCN1C(=S)N[C@@H](c2ccccn2)[C@@H]1c1cc(C)n(-c2cccc(C(=O)OC)c2)c1C. The van der Waals surface area contributed by atoms with E-state index in [-0.39, 0.29) is 18.1 Å². The summed E-state index contributed by atoms with van der Waals surface area (Å²) in [6.07, 6.45) is 2.81. The van der Waals surface area contributed by atoms with Gasteiger partial charge in [-0.1, -0.05) is 19.1 Å². The number of nitrogens with zero attached hydrogens (tertiary/aromatic N) is 3. The molecule has 0 spiro atoms. The summed E-state index contributed by atoms with van der Waals surface area (Å²) >= 11 is 5.72. The Morgan fingerprint density at radius 3 is 2.69 bits per heavy atom. The molecule has 0 unspecified atom stereocenters. The second-order valence-corrected chi connectivity index (χ2v) is 8.41. The highest BCUT2D eigenvalue weighted by Crippen LogP contribution is 2.41. The van der Waals surface area contributed by atoms with E-state index in [1.54, 1.807) is 6.07 Å². The number of pyridine rings is 1. The molecular formula is C25H28N4O2S. The molecule has 1 aliphatic rings. The fourth-order valence-corrected chi connectivity index (χ4v) is 4.93. The fourth-order valence-electron chi connectivity index (χ4n) is 4.60. The predicted octanol–water partition coefficient (Wildman–Crippen LogP) is 4.66. The number of esters is 1. The Labute approximate surface area is 194 Å². The number of thiocarbonyl (C=S) groups is 1. The molecule has 1 saturated heterocycles. The van der Waals surface area contributed by atoms with E-state index < -0.39 is 0 Å². The van der Waals surface area contributed by atoms with Gasteiger partial charge in [-0.15, -0.1) is 0 Å². The lowest BCUT2D eigenvalue weighted by molar-refractivity contribution is 0.0600. The van der Waals surface area contributed by atoms with Crippen LogP contribution in [0.4, 0.5) is 0 Å². The zero-order valence-electron chi connectivity index (χ0n) is 18.8. The number of hydrogen-bond acceptors (Lipinski definition) is 4. The minimum atomic E-state index is -0.343. The van der Waals surface area contributed by atoms with Crippen LogP contribution < -0.4 is 5.32 Å². The Kier molecular flexibility index (Phi) is 6.28. The standard InChI is InChI=1S/C25H28N4O2S/c1-5-13-28-23(22(27-25(28)32)21-11-6-7-12-26-21)20-14-16(2)29(17(20)3)19-10-8-9-18(15-19)24(30)31-4/h6-12,14-15,22-23H,5,13H2,1-4H3,(H,27,32)/t22-,23-/m0/s1. The first-order chi connectivity index (χ1) is 15.5. The fraction of sp³-hybridized carbons (Fsp3) is 0.320. The first kappa shape index (κ1) is 22.0. The van der Waals surface area contributed by atoms with Crippen molar-refractivity contribution in [2.75, 3.05) is 13.7 Å². The largest absolute Gasteiger partial charge is 0.465 e. The summed E-state index contributed by atoms with van der Waals surface area (Å²) in [5.41, 5.74) is 5.83. The van der Waals surface area contributed by atoms with Gasteiger partial charge in [0.05, 0.1) is 30.5 Å². The molecule has 0 saturated carbocycles. The van der Waals surface area contributed by atoms with Crippen molar-refractivity contribution in [2.45, 2.75) is 39.3 Å². The van der Waals surface area contributed by atoms with Crippen molar-refractivity contribution in [3.05, 3.63) is 82.9 Å². The van der Waals surface area contributed by atoms with E-state index in [9.17, 15) is 4.79 Å². The van der Waals surface area contributed by atoms with Crippen LogP contribution in [-0.4, -0.2) is 39.2 Å². The molecule has 32 heavy (non-hydrogen) atoms. The molecule has 0 aliphatic carbocycles.